The lowest BCUT2D eigenvalue weighted by Gasteiger charge is -2.39. The zero-order valence-electron chi connectivity index (χ0n) is 8.66. The minimum atomic E-state index is 0.568. The summed E-state index contributed by atoms with van der Waals surface area (Å²) < 4.78 is 0. The summed E-state index contributed by atoms with van der Waals surface area (Å²) >= 11 is 1.98. The molecule has 0 aromatic rings. The maximum Gasteiger partial charge on any atom is 0.0712 e. The van der Waals surface area contributed by atoms with Crippen LogP contribution in [0.2, 0.25) is 0 Å². The second-order valence-corrected chi connectivity index (χ2v) is 5.45. The normalized spacial score (nSPS) is 39.1. The van der Waals surface area contributed by atoms with Crippen LogP contribution in [-0.4, -0.2) is 41.9 Å². The van der Waals surface area contributed by atoms with Crippen molar-refractivity contribution in [3.8, 4) is 0 Å². The van der Waals surface area contributed by atoms with E-state index in [4.69, 9.17) is 0 Å². The Bertz CT molecular complexity index is 219. The van der Waals surface area contributed by atoms with Gasteiger partial charge in [0, 0.05) is 17.7 Å². The van der Waals surface area contributed by atoms with E-state index in [2.05, 4.69) is 30.9 Å². The molecule has 2 rings (SSSR count). The van der Waals surface area contributed by atoms with Crippen LogP contribution in [0, 0.1) is 5.92 Å². The van der Waals surface area contributed by atoms with Gasteiger partial charge in [0.05, 0.1) is 11.1 Å². The maximum atomic E-state index is 4.67. The highest BCUT2D eigenvalue weighted by atomic mass is 32.2. The lowest BCUT2D eigenvalue weighted by Crippen LogP contribution is -2.42. The van der Waals surface area contributed by atoms with Crippen molar-refractivity contribution in [1.82, 2.24) is 4.90 Å². The van der Waals surface area contributed by atoms with Gasteiger partial charge in [-0.2, -0.15) is 0 Å². The minimum Gasteiger partial charge on any atom is -0.306 e. The molecule has 0 aromatic heterocycles. The van der Waals surface area contributed by atoms with Gasteiger partial charge in [-0.15, -0.1) is 11.8 Å². The molecular formula is C10H18N2S. The number of nitrogens with zero attached hydrogens (tertiary/aromatic N) is 2. The van der Waals surface area contributed by atoms with Gasteiger partial charge in [-0.25, -0.2) is 0 Å². The Hall–Kier alpha value is -0.0200. The molecule has 0 bridgehead atoms. The van der Waals surface area contributed by atoms with Crippen LogP contribution in [-0.2, 0) is 0 Å². The van der Waals surface area contributed by atoms with Crippen molar-refractivity contribution >= 4 is 16.8 Å². The van der Waals surface area contributed by atoms with Crippen molar-refractivity contribution < 1.29 is 0 Å². The van der Waals surface area contributed by atoms with Gasteiger partial charge in [-0.1, -0.05) is 0 Å². The molecule has 13 heavy (non-hydrogen) atoms. The molecule has 0 radical (unpaired) electrons. The van der Waals surface area contributed by atoms with Crippen molar-refractivity contribution in [3.63, 3.8) is 0 Å². The number of thioether (sulfide) groups is 1. The Morgan fingerprint density at radius 3 is 2.54 bits per heavy atom. The summed E-state index contributed by atoms with van der Waals surface area (Å²) in [6, 6.07) is 1.38. The van der Waals surface area contributed by atoms with Crippen LogP contribution in [0.1, 0.15) is 19.8 Å². The van der Waals surface area contributed by atoms with Gasteiger partial charge < -0.3 is 4.90 Å². The van der Waals surface area contributed by atoms with Crippen LogP contribution in [0.3, 0.4) is 0 Å². The first kappa shape index (κ1) is 9.53. The fourth-order valence-electron chi connectivity index (χ4n) is 1.93. The lowest BCUT2D eigenvalue weighted by atomic mass is 9.80. The number of hydrogen-bond donors (Lipinski definition) is 0. The van der Waals surface area contributed by atoms with Gasteiger partial charge in [0.25, 0.3) is 0 Å². The molecule has 0 N–H and O–H groups in total. The zero-order chi connectivity index (χ0) is 9.42. The van der Waals surface area contributed by atoms with Gasteiger partial charge in [-0.3, -0.25) is 4.99 Å². The van der Waals surface area contributed by atoms with E-state index in [-0.39, 0.29) is 0 Å². The first-order valence-electron chi connectivity index (χ1n) is 5.03. The largest absolute Gasteiger partial charge is 0.306 e. The standard InChI is InChI=1S/C10H18N2S/c1-7-6-13-10(11-7)8-4-9(5-8)12(2)3/h7-9H,4-6H2,1-3H3/t7?,8-,9+. The summed E-state index contributed by atoms with van der Waals surface area (Å²) in [6.07, 6.45) is 2.65. The third kappa shape index (κ3) is 1.91. The third-order valence-corrected chi connectivity index (χ3v) is 4.40. The Morgan fingerprint density at radius 2 is 2.08 bits per heavy atom. The summed E-state index contributed by atoms with van der Waals surface area (Å²) in [5.74, 6) is 2.00. The molecule has 0 saturated heterocycles. The van der Waals surface area contributed by atoms with Gasteiger partial charge in [0.2, 0.25) is 0 Å². The van der Waals surface area contributed by atoms with Crippen molar-refractivity contribution in [2.45, 2.75) is 31.8 Å². The summed E-state index contributed by atoms with van der Waals surface area (Å²) in [5, 5.41) is 1.44. The van der Waals surface area contributed by atoms with E-state index in [1.165, 1.54) is 23.6 Å². The Balaban J connectivity index is 1.83. The molecule has 1 unspecified atom stereocenters. The van der Waals surface area contributed by atoms with Crippen molar-refractivity contribution in [2.75, 3.05) is 19.8 Å². The Labute approximate surface area is 84.8 Å². The monoisotopic (exact) mass is 198 g/mol. The van der Waals surface area contributed by atoms with E-state index in [9.17, 15) is 0 Å². The van der Waals surface area contributed by atoms with E-state index in [0.29, 0.717) is 6.04 Å². The summed E-state index contributed by atoms with van der Waals surface area (Å²) in [4.78, 5) is 7.00. The van der Waals surface area contributed by atoms with E-state index < -0.39 is 0 Å². The van der Waals surface area contributed by atoms with Crippen LogP contribution in [0.4, 0.5) is 0 Å². The van der Waals surface area contributed by atoms with E-state index in [0.717, 1.165) is 12.0 Å². The highest BCUT2D eigenvalue weighted by molar-refractivity contribution is 8.14. The predicted octanol–water partition coefficient (Wildman–Crippen LogP) is 1.86. The molecule has 2 aliphatic rings. The van der Waals surface area contributed by atoms with Crippen molar-refractivity contribution in [1.29, 1.82) is 0 Å². The highest BCUT2D eigenvalue weighted by Gasteiger charge is 2.35. The molecule has 74 valence electrons. The van der Waals surface area contributed by atoms with Gasteiger partial charge in [0.1, 0.15) is 0 Å². The molecule has 2 nitrogen and oxygen atoms in total. The summed E-state index contributed by atoms with van der Waals surface area (Å²) in [7, 11) is 4.35. The van der Waals surface area contributed by atoms with Gasteiger partial charge >= 0.3 is 0 Å². The van der Waals surface area contributed by atoms with Crippen molar-refractivity contribution in [2.24, 2.45) is 10.9 Å². The second kappa shape index (κ2) is 3.62. The Kier molecular flexibility index (Phi) is 2.65. The molecule has 0 amide bonds. The molecule has 3 heteroatoms. The lowest BCUT2D eigenvalue weighted by molar-refractivity contribution is 0.163. The highest BCUT2D eigenvalue weighted by Crippen LogP contribution is 2.37. The fraction of sp³-hybridized carbons (Fsp3) is 0.900. The topological polar surface area (TPSA) is 15.6 Å². The third-order valence-electron chi connectivity index (χ3n) is 3.01. The van der Waals surface area contributed by atoms with Crippen LogP contribution >= 0.6 is 11.8 Å². The quantitative estimate of drug-likeness (QED) is 0.673. The molecule has 0 spiro atoms. The minimum absolute atomic E-state index is 0.568. The SMILES string of the molecule is CC1CSC([C@H]2C[C@@H](N(C)C)C2)=N1. The first-order chi connectivity index (χ1) is 6.16. The zero-order valence-corrected chi connectivity index (χ0v) is 9.47. The fourth-order valence-corrected chi connectivity index (χ4v) is 3.10. The molecule has 1 saturated carbocycles. The molecule has 1 heterocycles. The van der Waals surface area contributed by atoms with Crippen LogP contribution in [0.5, 0.6) is 0 Å². The van der Waals surface area contributed by atoms with E-state index in [1.807, 2.05) is 11.8 Å². The van der Waals surface area contributed by atoms with E-state index in [1.54, 1.807) is 0 Å². The molecule has 1 fully saturated rings. The second-order valence-electron chi connectivity index (χ2n) is 4.41. The number of aliphatic imine (C=N–C) groups is 1. The number of rotatable bonds is 2. The van der Waals surface area contributed by atoms with Crippen LogP contribution in [0.25, 0.3) is 0 Å². The van der Waals surface area contributed by atoms with Gasteiger partial charge in [-0.05, 0) is 33.9 Å². The molecule has 1 aliphatic heterocycles. The summed E-state index contributed by atoms with van der Waals surface area (Å²) in [6.45, 7) is 2.21. The average Bonchev–Trinajstić information content (AvgIpc) is 2.31. The Morgan fingerprint density at radius 1 is 1.38 bits per heavy atom. The molecule has 1 atom stereocenters. The molecular weight excluding hydrogens is 180 g/mol. The first-order valence-corrected chi connectivity index (χ1v) is 6.02. The van der Waals surface area contributed by atoms with Crippen LogP contribution < -0.4 is 0 Å². The summed E-state index contributed by atoms with van der Waals surface area (Å²) in [5.41, 5.74) is 0. The van der Waals surface area contributed by atoms with Gasteiger partial charge in [0.15, 0.2) is 0 Å². The maximum absolute atomic E-state index is 4.67. The van der Waals surface area contributed by atoms with Crippen LogP contribution in [0.15, 0.2) is 4.99 Å². The smallest absolute Gasteiger partial charge is 0.0712 e. The number of hydrogen-bond acceptors (Lipinski definition) is 3. The van der Waals surface area contributed by atoms with Crippen molar-refractivity contribution in [3.05, 3.63) is 0 Å². The average molecular weight is 198 g/mol. The molecule has 0 aromatic carbocycles. The predicted molar refractivity (Wildman–Crippen MR) is 59.6 cm³/mol. The van der Waals surface area contributed by atoms with E-state index >= 15 is 0 Å². The molecule has 1 aliphatic carbocycles.